The van der Waals surface area contributed by atoms with Crippen LogP contribution < -0.4 is 21.3 Å². The lowest BCUT2D eigenvalue weighted by molar-refractivity contribution is 0.419. The molecule has 2 fully saturated rings. The van der Waals surface area contributed by atoms with Crippen LogP contribution in [-0.2, 0) is 0 Å². The standard InChI is InChI=1S/C27H33N5/c1-2-21(14-23-13-20(1)25(16-30-23)18-5-9-28-10-6-18)32-22-3-4-24-26(17-31-27(24)15-22)19-7-11-29-12-8-19/h1-4,14-19,28-32H,5-13H2. The van der Waals surface area contributed by atoms with Gasteiger partial charge in [0.1, 0.15) is 0 Å². The van der Waals surface area contributed by atoms with E-state index in [0.29, 0.717) is 11.8 Å². The van der Waals surface area contributed by atoms with Crippen LogP contribution in [0.3, 0.4) is 0 Å². The molecule has 2 aromatic rings. The predicted octanol–water partition coefficient (Wildman–Crippen LogP) is 4.63. The zero-order chi connectivity index (χ0) is 21.3. The normalized spacial score (nSPS) is 22.4. The summed E-state index contributed by atoms with van der Waals surface area (Å²) in [6.45, 7) is 4.50. The molecule has 32 heavy (non-hydrogen) atoms. The minimum absolute atomic E-state index is 0.664. The Morgan fingerprint density at radius 2 is 1.66 bits per heavy atom. The number of rotatable bonds is 4. The van der Waals surface area contributed by atoms with Gasteiger partial charge in [0.05, 0.1) is 0 Å². The number of piperidine rings is 2. The quantitative estimate of drug-likeness (QED) is 0.494. The van der Waals surface area contributed by atoms with Crippen LogP contribution in [0.1, 0.15) is 43.6 Å². The van der Waals surface area contributed by atoms with Gasteiger partial charge in [-0.2, -0.15) is 0 Å². The summed E-state index contributed by atoms with van der Waals surface area (Å²) in [5.74, 6) is 1.33. The van der Waals surface area contributed by atoms with Crippen molar-refractivity contribution in [3.8, 4) is 0 Å². The predicted molar refractivity (Wildman–Crippen MR) is 132 cm³/mol. The summed E-state index contributed by atoms with van der Waals surface area (Å²) in [5.41, 5.74) is 9.18. The number of hydrogen-bond acceptors (Lipinski definition) is 4. The van der Waals surface area contributed by atoms with Crippen molar-refractivity contribution in [2.75, 3.05) is 31.5 Å². The van der Waals surface area contributed by atoms with Crippen molar-refractivity contribution < 1.29 is 0 Å². The molecule has 4 heterocycles. The molecule has 5 nitrogen and oxygen atoms in total. The molecular formula is C27H33N5. The van der Waals surface area contributed by atoms with E-state index in [1.807, 2.05) is 0 Å². The zero-order valence-corrected chi connectivity index (χ0v) is 18.6. The van der Waals surface area contributed by atoms with Crippen LogP contribution in [0.5, 0.6) is 0 Å². The molecule has 0 unspecified atom stereocenters. The van der Waals surface area contributed by atoms with Crippen molar-refractivity contribution in [1.29, 1.82) is 0 Å². The second kappa shape index (κ2) is 8.64. The highest BCUT2D eigenvalue weighted by molar-refractivity contribution is 5.87. The van der Waals surface area contributed by atoms with E-state index in [-0.39, 0.29) is 0 Å². The number of anilines is 1. The minimum Gasteiger partial charge on any atom is -0.364 e. The molecule has 0 radical (unpaired) electrons. The van der Waals surface area contributed by atoms with Crippen LogP contribution in [0.25, 0.3) is 10.9 Å². The summed E-state index contributed by atoms with van der Waals surface area (Å²) in [4.78, 5) is 3.52. The van der Waals surface area contributed by atoms with E-state index >= 15 is 0 Å². The van der Waals surface area contributed by atoms with Crippen LogP contribution in [-0.4, -0.2) is 31.2 Å². The summed E-state index contributed by atoms with van der Waals surface area (Å²) in [5, 5.41) is 15.5. The molecule has 1 aromatic heterocycles. The Hall–Kier alpha value is -2.76. The highest BCUT2D eigenvalue weighted by Crippen LogP contribution is 2.35. The summed E-state index contributed by atoms with van der Waals surface area (Å²) < 4.78 is 0. The molecule has 1 aromatic carbocycles. The molecule has 5 N–H and O–H groups in total. The van der Waals surface area contributed by atoms with Crippen LogP contribution in [0.15, 0.2) is 71.4 Å². The fraction of sp³-hybridized carbons (Fsp3) is 0.407. The van der Waals surface area contributed by atoms with Crippen molar-refractivity contribution in [2.24, 2.45) is 5.92 Å². The van der Waals surface area contributed by atoms with Crippen molar-refractivity contribution in [1.82, 2.24) is 20.9 Å². The maximum Gasteiger partial charge on any atom is 0.0477 e. The maximum atomic E-state index is 3.65. The lowest BCUT2D eigenvalue weighted by Crippen LogP contribution is -2.30. The van der Waals surface area contributed by atoms with Gasteiger partial charge >= 0.3 is 0 Å². The SMILES string of the molecule is C1=C(Nc2ccc3c(C4CCNCC4)c[nH]c3c2)C=C2CC(=C1)C(C1CCNCC1)=CN2. The Kier molecular flexibility index (Phi) is 5.37. The largest absolute Gasteiger partial charge is 0.364 e. The summed E-state index contributed by atoms with van der Waals surface area (Å²) in [6.07, 6.45) is 17.2. The Balaban J connectivity index is 1.21. The third-order valence-corrected chi connectivity index (χ3v) is 7.52. The van der Waals surface area contributed by atoms with Crippen LogP contribution >= 0.6 is 0 Å². The lowest BCUT2D eigenvalue weighted by Gasteiger charge is -2.29. The number of aromatic nitrogens is 1. The molecule has 166 valence electrons. The molecule has 0 spiro atoms. The van der Waals surface area contributed by atoms with Crippen LogP contribution in [0, 0.1) is 5.92 Å². The summed E-state index contributed by atoms with van der Waals surface area (Å²) in [7, 11) is 0. The first kappa shape index (κ1) is 19.9. The lowest BCUT2D eigenvalue weighted by atomic mass is 9.83. The van der Waals surface area contributed by atoms with E-state index < -0.39 is 0 Å². The minimum atomic E-state index is 0.664. The second-order valence-corrected chi connectivity index (χ2v) is 9.58. The van der Waals surface area contributed by atoms with E-state index in [1.54, 1.807) is 0 Å². The Morgan fingerprint density at radius 3 is 2.47 bits per heavy atom. The van der Waals surface area contributed by atoms with Crippen molar-refractivity contribution in [3.63, 3.8) is 0 Å². The third-order valence-electron chi connectivity index (χ3n) is 7.52. The number of nitrogens with one attached hydrogen (secondary N) is 5. The monoisotopic (exact) mass is 427 g/mol. The average Bonchev–Trinajstić information content (AvgIpc) is 3.20. The highest BCUT2D eigenvalue weighted by Gasteiger charge is 2.24. The van der Waals surface area contributed by atoms with Gasteiger partial charge in [-0.1, -0.05) is 12.1 Å². The van der Waals surface area contributed by atoms with Gasteiger partial charge in [0.15, 0.2) is 0 Å². The van der Waals surface area contributed by atoms with Crippen molar-refractivity contribution >= 4 is 16.6 Å². The van der Waals surface area contributed by atoms with Crippen LogP contribution in [0.4, 0.5) is 5.69 Å². The zero-order valence-electron chi connectivity index (χ0n) is 18.6. The third kappa shape index (κ3) is 3.91. The molecule has 2 bridgehead atoms. The molecule has 0 saturated carbocycles. The fourth-order valence-corrected chi connectivity index (χ4v) is 5.75. The Morgan fingerprint density at radius 1 is 0.875 bits per heavy atom. The smallest absolute Gasteiger partial charge is 0.0477 e. The van der Waals surface area contributed by atoms with Gasteiger partial charge in [-0.05, 0) is 105 Å². The number of fused-ring (bicyclic) bond motifs is 3. The highest BCUT2D eigenvalue weighted by atomic mass is 14.9. The van der Waals surface area contributed by atoms with E-state index in [1.165, 1.54) is 59.0 Å². The fourth-order valence-electron chi connectivity index (χ4n) is 5.75. The average molecular weight is 428 g/mol. The van der Waals surface area contributed by atoms with E-state index in [0.717, 1.165) is 44.0 Å². The van der Waals surface area contributed by atoms with Crippen LogP contribution in [0.2, 0.25) is 0 Å². The number of hydrogen-bond donors (Lipinski definition) is 5. The van der Waals surface area contributed by atoms with Gasteiger partial charge in [0, 0.05) is 46.8 Å². The van der Waals surface area contributed by atoms with Gasteiger partial charge < -0.3 is 26.3 Å². The number of aromatic amines is 1. The van der Waals surface area contributed by atoms with Gasteiger partial charge in [-0.15, -0.1) is 0 Å². The van der Waals surface area contributed by atoms with Crippen molar-refractivity contribution in [2.45, 2.75) is 38.0 Å². The number of H-pyrrole nitrogens is 1. The molecule has 2 saturated heterocycles. The summed E-state index contributed by atoms with van der Waals surface area (Å²) >= 11 is 0. The molecule has 4 aliphatic rings. The van der Waals surface area contributed by atoms with Crippen molar-refractivity contribution in [3.05, 3.63) is 76.9 Å². The van der Waals surface area contributed by atoms with E-state index in [2.05, 4.69) is 75.1 Å². The van der Waals surface area contributed by atoms with Gasteiger partial charge in [-0.3, -0.25) is 0 Å². The first-order valence-corrected chi connectivity index (χ1v) is 12.2. The van der Waals surface area contributed by atoms with E-state index in [4.69, 9.17) is 0 Å². The molecule has 0 amide bonds. The number of allylic oxidation sites excluding steroid dienone is 5. The topological polar surface area (TPSA) is 63.9 Å². The first-order valence-electron chi connectivity index (χ1n) is 12.2. The Bertz CT molecular complexity index is 1120. The van der Waals surface area contributed by atoms with Gasteiger partial charge in [0.2, 0.25) is 0 Å². The Labute approximate surface area is 190 Å². The molecule has 1 aliphatic carbocycles. The summed E-state index contributed by atoms with van der Waals surface area (Å²) in [6, 6.07) is 6.74. The molecule has 6 rings (SSSR count). The molecule has 0 atom stereocenters. The van der Waals surface area contributed by atoms with Gasteiger partial charge in [0.25, 0.3) is 0 Å². The van der Waals surface area contributed by atoms with E-state index in [9.17, 15) is 0 Å². The second-order valence-electron chi connectivity index (χ2n) is 9.58. The molecule has 5 heteroatoms. The molecule has 3 aliphatic heterocycles. The molecular weight excluding hydrogens is 394 g/mol. The number of benzene rings is 1. The van der Waals surface area contributed by atoms with Gasteiger partial charge in [-0.25, -0.2) is 0 Å². The maximum absolute atomic E-state index is 3.65. The first-order chi connectivity index (χ1) is 15.8.